The molecule has 0 spiro atoms. The molecule has 74 valence electrons. The fourth-order valence-electron chi connectivity index (χ4n) is 1.53. The molecule has 2 rings (SSSR count). The van der Waals surface area contributed by atoms with Crippen LogP contribution in [0.1, 0.15) is 21.4 Å². The molecule has 0 aliphatic heterocycles. The molecule has 1 nitrogen and oxygen atoms in total. The van der Waals surface area contributed by atoms with Crippen LogP contribution in [0, 0.1) is 6.92 Å². The van der Waals surface area contributed by atoms with Gasteiger partial charge >= 0.3 is 0 Å². The maximum atomic E-state index is 6.14. The molecule has 0 saturated heterocycles. The number of hydrogen-bond donors (Lipinski definition) is 1. The summed E-state index contributed by atoms with van der Waals surface area (Å²) in [7, 11) is 0. The van der Waals surface area contributed by atoms with Gasteiger partial charge in [-0.1, -0.05) is 6.07 Å². The van der Waals surface area contributed by atoms with Gasteiger partial charge in [0.1, 0.15) is 0 Å². The number of nitrogens with two attached hydrogens (primary N) is 1. The maximum Gasteiger partial charge on any atom is 0.0354 e. The van der Waals surface area contributed by atoms with Gasteiger partial charge in [-0.05, 0) is 35.4 Å². The van der Waals surface area contributed by atoms with Gasteiger partial charge in [-0.15, -0.1) is 22.7 Å². The lowest BCUT2D eigenvalue weighted by molar-refractivity contribution is 0.729. The predicted molar refractivity (Wildman–Crippen MR) is 64.0 cm³/mol. The predicted octanol–water partition coefficient (Wildman–Crippen LogP) is 3.36. The second kappa shape index (κ2) is 4.26. The first-order valence-electron chi connectivity index (χ1n) is 4.59. The second-order valence-corrected chi connectivity index (χ2v) is 5.47. The van der Waals surface area contributed by atoms with E-state index >= 15 is 0 Å². The van der Waals surface area contributed by atoms with E-state index in [0.29, 0.717) is 0 Å². The molecule has 0 fully saturated rings. The Balaban J connectivity index is 2.10. The van der Waals surface area contributed by atoms with Crippen LogP contribution in [-0.4, -0.2) is 0 Å². The van der Waals surface area contributed by atoms with Gasteiger partial charge in [0.15, 0.2) is 0 Å². The zero-order valence-corrected chi connectivity index (χ0v) is 9.70. The Kier molecular flexibility index (Phi) is 3.01. The van der Waals surface area contributed by atoms with Gasteiger partial charge in [0, 0.05) is 22.2 Å². The van der Waals surface area contributed by atoms with Gasteiger partial charge in [0.25, 0.3) is 0 Å². The summed E-state index contributed by atoms with van der Waals surface area (Å²) in [5.74, 6) is 0. The normalized spacial score (nSPS) is 13.0. The molecule has 2 aromatic rings. The van der Waals surface area contributed by atoms with Crippen molar-refractivity contribution < 1.29 is 0 Å². The topological polar surface area (TPSA) is 26.0 Å². The third-order valence-electron chi connectivity index (χ3n) is 2.30. The maximum absolute atomic E-state index is 6.14. The first-order chi connectivity index (χ1) is 6.77. The largest absolute Gasteiger partial charge is 0.324 e. The molecule has 14 heavy (non-hydrogen) atoms. The Labute approximate surface area is 92.2 Å². The Morgan fingerprint density at radius 3 is 2.71 bits per heavy atom. The fraction of sp³-hybridized carbons (Fsp3) is 0.273. The lowest BCUT2D eigenvalue weighted by atomic mass is 10.1. The summed E-state index contributed by atoms with van der Waals surface area (Å²) in [6, 6.07) is 6.51. The molecule has 2 heterocycles. The van der Waals surface area contributed by atoms with Crippen LogP contribution in [0.3, 0.4) is 0 Å². The van der Waals surface area contributed by atoms with E-state index in [4.69, 9.17) is 5.73 Å². The summed E-state index contributed by atoms with van der Waals surface area (Å²) >= 11 is 3.55. The van der Waals surface area contributed by atoms with E-state index in [1.807, 2.05) is 0 Å². The van der Waals surface area contributed by atoms with Crippen LogP contribution < -0.4 is 5.73 Å². The van der Waals surface area contributed by atoms with Crippen molar-refractivity contribution in [3.63, 3.8) is 0 Å². The molecule has 0 aliphatic carbocycles. The lowest BCUT2D eigenvalue weighted by Gasteiger charge is -2.09. The third-order valence-corrected chi connectivity index (χ3v) is 4.06. The van der Waals surface area contributed by atoms with Gasteiger partial charge in [-0.25, -0.2) is 0 Å². The summed E-state index contributed by atoms with van der Waals surface area (Å²) in [5.41, 5.74) is 7.44. The minimum absolute atomic E-state index is 0.153. The minimum Gasteiger partial charge on any atom is -0.324 e. The quantitative estimate of drug-likeness (QED) is 0.848. The molecule has 0 radical (unpaired) electrons. The van der Waals surface area contributed by atoms with E-state index in [1.54, 1.807) is 22.7 Å². The highest BCUT2D eigenvalue weighted by Crippen LogP contribution is 2.24. The van der Waals surface area contributed by atoms with E-state index in [0.717, 1.165) is 6.42 Å². The number of rotatable bonds is 3. The second-order valence-electron chi connectivity index (χ2n) is 3.32. The highest BCUT2D eigenvalue weighted by atomic mass is 32.1. The Morgan fingerprint density at radius 2 is 2.14 bits per heavy atom. The monoisotopic (exact) mass is 223 g/mol. The Hall–Kier alpha value is -0.640. The van der Waals surface area contributed by atoms with Crippen LogP contribution in [0.5, 0.6) is 0 Å². The molecule has 1 unspecified atom stereocenters. The summed E-state index contributed by atoms with van der Waals surface area (Å²) in [4.78, 5) is 2.71. The molecule has 0 aliphatic rings. The molecule has 0 amide bonds. The van der Waals surface area contributed by atoms with Gasteiger partial charge in [-0.3, -0.25) is 0 Å². The SMILES string of the molecule is Cc1sccc1C(N)Cc1cccs1. The average Bonchev–Trinajstić information content (AvgIpc) is 2.75. The zero-order chi connectivity index (χ0) is 9.97. The summed E-state index contributed by atoms with van der Waals surface area (Å²) < 4.78 is 0. The van der Waals surface area contributed by atoms with Crippen molar-refractivity contribution in [2.75, 3.05) is 0 Å². The van der Waals surface area contributed by atoms with Gasteiger partial charge in [0.2, 0.25) is 0 Å². The van der Waals surface area contributed by atoms with Crippen molar-refractivity contribution in [3.05, 3.63) is 44.3 Å². The smallest absolute Gasteiger partial charge is 0.0354 e. The first-order valence-corrected chi connectivity index (χ1v) is 6.35. The van der Waals surface area contributed by atoms with Gasteiger partial charge in [-0.2, -0.15) is 0 Å². The van der Waals surface area contributed by atoms with Crippen molar-refractivity contribution >= 4 is 22.7 Å². The van der Waals surface area contributed by atoms with E-state index in [1.165, 1.54) is 15.3 Å². The standard InChI is InChI=1S/C11H13NS2/c1-8-10(4-6-13-8)11(12)7-9-3-2-5-14-9/h2-6,11H,7,12H2,1H3. The number of hydrogen-bond acceptors (Lipinski definition) is 3. The van der Waals surface area contributed by atoms with Crippen LogP contribution in [0.4, 0.5) is 0 Å². The van der Waals surface area contributed by atoms with Crippen LogP contribution in [-0.2, 0) is 6.42 Å². The number of thiophene rings is 2. The average molecular weight is 223 g/mol. The van der Waals surface area contributed by atoms with E-state index in [9.17, 15) is 0 Å². The van der Waals surface area contributed by atoms with Crippen molar-refractivity contribution in [2.45, 2.75) is 19.4 Å². The van der Waals surface area contributed by atoms with E-state index < -0.39 is 0 Å². The van der Waals surface area contributed by atoms with Crippen molar-refractivity contribution in [2.24, 2.45) is 5.73 Å². The molecule has 0 saturated carbocycles. The Morgan fingerprint density at radius 1 is 1.29 bits per heavy atom. The number of aryl methyl sites for hydroxylation is 1. The molecule has 2 aromatic heterocycles. The molecule has 0 aromatic carbocycles. The van der Waals surface area contributed by atoms with Gasteiger partial charge in [0.05, 0.1) is 0 Å². The first kappa shape index (κ1) is 9.90. The molecular weight excluding hydrogens is 210 g/mol. The lowest BCUT2D eigenvalue weighted by Crippen LogP contribution is -2.12. The highest BCUT2D eigenvalue weighted by Gasteiger charge is 2.10. The third kappa shape index (κ3) is 2.05. The Bertz CT molecular complexity index is 389. The van der Waals surface area contributed by atoms with Crippen molar-refractivity contribution in [1.82, 2.24) is 0 Å². The van der Waals surface area contributed by atoms with Crippen molar-refractivity contribution in [3.8, 4) is 0 Å². The van der Waals surface area contributed by atoms with Crippen LogP contribution in [0.15, 0.2) is 29.0 Å². The van der Waals surface area contributed by atoms with E-state index in [2.05, 4.69) is 35.9 Å². The molecule has 3 heteroatoms. The molecule has 1 atom stereocenters. The zero-order valence-electron chi connectivity index (χ0n) is 8.07. The fourth-order valence-corrected chi connectivity index (χ4v) is 3.07. The van der Waals surface area contributed by atoms with Crippen LogP contribution >= 0.6 is 22.7 Å². The minimum atomic E-state index is 0.153. The van der Waals surface area contributed by atoms with Crippen LogP contribution in [0.25, 0.3) is 0 Å². The molecular formula is C11H13NS2. The summed E-state index contributed by atoms with van der Waals surface area (Å²) in [6.07, 6.45) is 0.954. The summed E-state index contributed by atoms with van der Waals surface area (Å²) in [6.45, 7) is 2.13. The van der Waals surface area contributed by atoms with Gasteiger partial charge < -0.3 is 5.73 Å². The molecule has 0 bridgehead atoms. The molecule has 2 N–H and O–H groups in total. The van der Waals surface area contributed by atoms with Crippen LogP contribution in [0.2, 0.25) is 0 Å². The van der Waals surface area contributed by atoms with E-state index in [-0.39, 0.29) is 6.04 Å². The summed E-state index contributed by atoms with van der Waals surface area (Å²) in [5, 5.41) is 4.21. The highest BCUT2D eigenvalue weighted by molar-refractivity contribution is 7.10. The van der Waals surface area contributed by atoms with Crippen molar-refractivity contribution in [1.29, 1.82) is 0 Å².